The van der Waals surface area contributed by atoms with Crippen LogP contribution in [0.15, 0.2) is 0 Å². The number of sulfonamides is 1. The molecule has 0 N–H and O–H groups in total. The number of hydrogen-bond donors (Lipinski definition) is 0. The van der Waals surface area contributed by atoms with Crippen LogP contribution in [0, 0.1) is 5.41 Å². The molecule has 144 valence electrons. The minimum absolute atomic E-state index is 0.0484. The molecule has 7 heteroatoms. The number of amides is 1. The van der Waals surface area contributed by atoms with Gasteiger partial charge in [0, 0.05) is 38.9 Å². The predicted octanol–water partition coefficient (Wildman–Crippen LogP) is 2.00. The molecule has 2 saturated carbocycles. The Labute approximate surface area is 151 Å². The molecule has 3 fully saturated rings. The van der Waals surface area contributed by atoms with Gasteiger partial charge in [-0.05, 0) is 51.4 Å². The molecule has 0 aromatic heterocycles. The van der Waals surface area contributed by atoms with Gasteiger partial charge in [-0.3, -0.25) is 4.79 Å². The van der Waals surface area contributed by atoms with Crippen LogP contribution in [0.4, 0.5) is 0 Å². The fourth-order valence-corrected chi connectivity index (χ4v) is 5.88. The second kappa shape index (κ2) is 7.53. The second-order valence-electron chi connectivity index (χ2n) is 8.08. The molecule has 0 aromatic rings. The largest absolute Gasteiger partial charge is 0.385 e. The molecule has 0 aromatic carbocycles. The standard InChI is InChI=1S/C18H32N2O4S/c1-24-14-11-18(9-10-18)17(21)19-12-4-7-16(8-13-19)20(25(2,22)23)15-5-3-6-15/h15-16H,3-14H2,1-2H3/t16-/m1/s1. The highest BCUT2D eigenvalue weighted by molar-refractivity contribution is 7.88. The van der Waals surface area contributed by atoms with E-state index in [0.29, 0.717) is 13.2 Å². The Balaban J connectivity index is 1.63. The van der Waals surface area contributed by atoms with E-state index >= 15 is 0 Å². The Kier molecular flexibility index (Phi) is 5.75. The molecule has 1 atom stereocenters. The van der Waals surface area contributed by atoms with E-state index in [9.17, 15) is 13.2 Å². The van der Waals surface area contributed by atoms with Gasteiger partial charge in [-0.25, -0.2) is 8.42 Å². The Hall–Kier alpha value is -0.660. The van der Waals surface area contributed by atoms with Gasteiger partial charge in [0.25, 0.3) is 0 Å². The van der Waals surface area contributed by atoms with Crippen molar-refractivity contribution in [2.75, 3.05) is 33.1 Å². The number of carbonyl (C=O) groups is 1. The molecule has 0 unspecified atom stereocenters. The summed E-state index contributed by atoms with van der Waals surface area (Å²) in [6.07, 6.45) is 9.65. The van der Waals surface area contributed by atoms with Crippen LogP contribution in [0.3, 0.4) is 0 Å². The maximum Gasteiger partial charge on any atom is 0.228 e. The van der Waals surface area contributed by atoms with Crippen LogP contribution in [0.1, 0.15) is 57.8 Å². The van der Waals surface area contributed by atoms with Gasteiger partial charge >= 0.3 is 0 Å². The quantitative estimate of drug-likeness (QED) is 0.685. The maximum absolute atomic E-state index is 13.0. The van der Waals surface area contributed by atoms with Crippen molar-refractivity contribution in [3.05, 3.63) is 0 Å². The van der Waals surface area contributed by atoms with E-state index in [4.69, 9.17) is 4.74 Å². The highest BCUT2D eigenvalue weighted by Crippen LogP contribution is 2.50. The molecule has 1 saturated heterocycles. The summed E-state index contributed by atoms with van der Waals surface area (Å²) in [6, 6.07) is 0.228. The third-order valence-electron chi connectivity index (χ3n) is 6.25. The van der Waals surface area contributed by atoms with Crippen LogP contribution in [0.5, 0.6) is 0 Å². The van der Waals surface area contributed by atoms with E-state index in [0.717, 1.165) is 64.3 Å². The Morgan fingerprint density at radius 3 is 2.28 bits per heavy atom. The van der Waals surface area contributed by atoms with Gasteiger partial charge in [0.05, 0.1) is 11.7 Å². The van der Waals surface area contributed by atoms with Crippen LogP contribution >= 0.6 is 0 Å². The third-order valence-corrected chi connectivity index (χ3v) is 7.62. The van der Waals surface area contributed by atoms with Gasteiger partial charge in [0.15, 0.2) is 0 Å². The van der Waals surface area contributed by atoms with Gasteiger partial charge < -0.3 is 9.64 Å². The van der Waals surface area contributed by atoms with Crippen LogP contribution in [0.2, 0.25) is 0 Å². The van der Waals surface area contributed by atoms with E-state index in [2.05, 4.69) is 0 Å². The first-order valence-corrected chi connectivity index (χ1v) is 11.5. The van der Waals surface area contributed by atoms with Crippen molar-refractivity contribution >= 4 is 15.9 Å². The van der Waals surface area contributed by atoms with E-state index in [1.807, 2.05) is 4.90 Å². The van der Waals surface area contributed by atoms with Gasteiger partial charge in [-0.15, -0.1) is 0 Å². The summed E-state index contributed by atoms with van der Waals surface area (Å²) in [6.45, 7) is 2.06. The molecule has 0 bridgehead atoms. The fourth-order valence-electron chi connectivity index (χ4n) is 4.37. The summed E-state index contributed by atoms with van der Waals surface area (Å²) in [5.74, 6) is 0.264. The molecule has 2 aliphatic carbocycles. The summed E-state index contributed by atoms with van der Waals surface area (Å²) in [7, 11) is -1.52. The summed E-state index contributed by atoms with van der Waals surface area (Å²) >= 11 is 0. The highest BCUT2D eigenvalue weighted by Gasteiger charge is 2.51. The van der Waals surface area contributed by atoms with Crippen LogP contribution < -0.4 is 0 Å². The molecule has 1 amide bonds. The second-order valence-corrected chi connectivity index (χ2v) is 9.97. The van der Waals surface area contributed by atoms with Crippen molar-refractivity contribution in [3.63, 3.8) is 0 Å². The minimum Gasteiger partial charge on any atom is -0.385 e. The van der Waals surface area contributed by atoms with E-state index < -0.39 is 10.0 Å². The topological polar surface area (TPSA) is 66.9 Å². The zero-order chi connectivity index (χ0) is 18.1. The van der Waals surface area contributed by atoms with Crippen molar-refractivity contribution in [2.45, 2.75) is 69.9 Å². The first-order chi connectivity index (χ1) is 11.9. The average Bonchev–Trinajstić information content (AvgIpc) is 3.31. The molecule has 6 nitrogen and oxygen atoms in total. The number of hydrogen-bond acceptors (Lipinski definition) is 4. The minimum atomic E-state index is -3.19. The third kappa shape index (κ3) is 4.19. The first-order valence-electron chi connectivity index (χ1n) is 9.64. The van der Waals surface area contributed by atoms with Gasteiger partial charge in [0.2, 0.25) is 15.9 Å². The number of methoxy groups -OCH3 is 1. The molecule has 3 aliphatic rings. The van der Waals surface area contributed by atoms with Gasteiger partial charge in [-0.2, -0.15) is 4.31 Å². The maximum atomic E-state index is 13.0. The average molecular weight is 373 g/mol. The number of ether oxygens (including phenoxy) is 1. The molecule has 1 aliphatic heterocycles. The van der Waals surface area contributed by atoms with E-state index in [1.54, 1.807) is 11.4 Å². The molecular formula is C18H32N2O4S. The molecule has 3 rings (SSSR count). The monoisotopic (exact) mass is 372 g/mol. The Morgan fingerprint density at radius 2 is 1.76 bits per heavy atom. The van der Waals surface area contributed by atoms with Crippen LogP contribution in [-0.4, -0.2) is 68.7 Å². The molecule has 0 spiro atoms. The summed E-state index contributed by atoms with van der Waals surface area (Å²) in [4.78, 5) is 14.9. The highest BCUT2D eigenvalue weighted by atomic mass is 32.2. The fraction of sp³-hybridized carbons (Fsp3) is 0.944. The van der Waals surface area contributed by atoms with Gasteiger partial charge in [-0.1, -0.05) is 6.42 Å². The Morgan fingerprint density at radius 1 is 1.12 bits per heavy atom. The van der Waals surface area contributed by atoms with Crippen molar-refractivity contribution in [1.82, 2.24) is 9.21 Å². The van der Waals surface area contributed by atoms with E-state index in [1.165, 1.54) is 6.26 Å². The smallest absolute Gasteiger partial charge is 0.228 e. The molecule has 0 radical (unpaired) electrons. The molecular weight excluding hydrogens is 340 g/mol. The van der Waals surface area contributed by atoms with Crippen LogP contribution in [-0.2, 0) is 19.6 Å². The lowest BCUT2D eigenvalue weighted by atomic mass is 9.91. The predicted molar refractivity (Wildman–Crippen MR) is 96.7 cm³/mol. The van der Waals surface area contributed by atoms with Crippen molar-refractivity contribution in [2.24, 2.45) is 5.41 Å². The van der Waals surface area contributed by atoms with E-state index in [-0.39, 0.29) is 23.4 Å². The normalized spacial score (nSPS) is 27.0. The summed E-state index contributed by atoms with van der Waals surface area (Å²) < 4.78 is 31.6. The zero-order valence-electron chi connectivity index (χ0n) is 15.6. The molecule has 25 heavy (non-hydrogen) atoms. The SMILES string of the molecule is COCCC1(C(=O)N2CCC[C@@H](N(C3CCC3)S(C)(=O)=O)CC2)CC1. The van der Waals surface area contributed by atoms with Crippen molar-refractivity contribution in [3.8, 4) is 0 Å². The summed E-state index contributed by atoms with van der Waals surface area (Å²) in [5, 5.41) is 0. The van der Waals surface area contributed by atoms with Gasteiger partial charge in [0.1, 0.15) is 0 Å². The Bertz CT molecular complexity index is 584. The van der Waals surface area contributed by atoms with Crippen molar-refractivity contribution < 1.29 is 17.9 Å². The lowest BCUT2D eigenvalue weighted by Gasteiger charge is -2.40. The van der Waals surface area contributed by atoms with Crippen molar-refractivity contribution in [1.29, 1.82) is 0 Å². The zero-order valence-corrected chi connectivity index (χ0v) is 16.4. The lowest BCUT2D eigenvalue weighted by molar-refractivity contribution is -0.137. The van der Waals surface area contributed by atoms with Crippen LogP contribution in [0.25, 0.3) is 0 Å². The number of rotatable bonds is 7. The molecule has 1 heterocycles. The lowest BCUT2D eigenvalue weighted by Crippen LogP contribution is -2.50. The number of likely N-dealkylation sites (tertiary alicyclic amines) is 1. The summed E-state index contributed by atoms with van der Waals surface area (Å²) in [5.41, 5.74) is -0.194. The number of carbonyl (C=O) groups excluding carboxylic acids is 1. The first kappa shape index (κ1) is 19.1. The number of nitrogens with zero attached hydrogens (tertiary/aromatic N) is 2.